The molecule has 3 aromatic heterocycles. The zero-order valence-electron chi connectivity index (χ0n) is 15.5. The minimum absolute atomic E-state index is 0.366. The molecule has 3 heterocycles. The molecule has 0 bridgehead atoms. The Balaban J connectivity index is 1.68. The molecule has 0 saturated heterocycles. The van der Waals surface area contributed by atoms with Crippen LogP contribution >= 0.6 is 0 Å². The maximum absolute atomic E-state index is 11.7. The normalized spacial score (nSPS) is 11.6. The highest BCUT2D eigenvalue weighted by Gasteiger charge is 2.15. The number of rotatable bonds is 6. The summed E-state index contributed by atoms with van der Waals surface area (Å²) in [5, 5.41) is 14.6. The van der Waals surface area contributed by atoms with Gasteiger partial charge in [-0.1, -0.05) is 6.07 Å². The van der Waals surface area contributed by atoms with Crippen LogP contribution in [0, 0.1) is 6.92 Å². The van der Waals surface area contributed by atoms with E-state index in [-0.39, 0.29) is 0 Å². The van der Waals surface area contributed by atoms with Crippen molar-refractivity contribution < 1.29 is 13.9 Å². The van der Waals surface area contributed by atoms with Gasteiger partial charge in [0.1, 0.15) is 23.6 Å². The number of fused-ring (bicyclic) bond motifs is 1. The maximum atomic E-state index is 11.7. The SMILES string of the molecule is CCNC(=NCc1nnc2ccccn12)NCc1cc(C(=O)OC)c(C)o1. The largest absolute Gasteiger partial charge is 0.465 e. The predicted molar refractivity (Wildman–Crippen MR) is 99.4 cm³/mol. The molecule has 3 rings (SSSR count). The molecule has 0 unspecified atom stereocenters. The molecule has 9 heteroatoms. The zero-order chi connectivity index (χ0) is 19.2. The average Bonchev–Trinajstić information content (AvgIpc) is 3.26. The summed E-state index contributed by atoms with van der Waals surface area (Å²) in [6, 6.07) is 7.40. The summed E-state index contributed by atoms with van der Waals surface area (Å²) in [6.45, 7) is 5.16. The molecule has 0 fully saturated rings. The van der Waals surface area contributed by atoms with Gasteiger partial charge in [0.25, 0.3) is 0 Å². The first kappa shape index (κ1) is 18.4. The van der Waals surface area contributed by atoms with Gasteiger partial charge in [0.15, 0.2) is 17.4 Å². The number of esters is 1. The van der Waals surface area contributed by atoms with Crippen molar-refractivity contribution in [1.29, 1.82) is 0 Å². The average molecular weight is 370 g/mol. The first-order valence-electron chi connectivity index (χ1n) is 8.60. The summed E-state index contributed by atoms with van der Waals surface area (Å²) >= 11 is 0. The minimum Gasteiger partial charge on any atom is -0.465 e. The number of aromatic nitrogens is 3. The van der Waals surface area contributed by atoms with Crippen molar-refractivity contribution >= 4 is 17.6 Å². The number of ether oxygens (including phenoxy) is 1. The molecule has 0 aliphatic carbocycles. The predicted octanol–water partition coefficient (Wildman–Crippen LogP) is 1.67. The highest BCUT2D eigenvalue weighted by atomic mass is 16.5. The molecule has 2 N–H and O–H groups in total. The Bertz CT molecular complexity index is 959. The fourth-order valence-electron chi connectivity index (χ4n) is 2.60. The number of methoxy groups -OCH3 is 1. The molecule has 27 heavy (non-hydrogen) atoms. The van der Waals surface area contributed by atoms with Gasteiger partial charge >= 0.3 is 5.97 Å². The highest BCUT2D eigenvalue weighted by molar-refractivity contribution is 5.90. The molecule has 0 amide bonds. The Kier molecular flexibility index (Phi) is 5.70. The molecular weight excluding hydrogens is 348 g/mol. The number of nitrogens with zero attached hydrogens (tertiary/aromatic N) is 4. The molecule has 0 saturated carbocycles. The van der Waals surface area contributed by atoms with Gasteiger partial charge in [-0.2, -0.15) is 0 Å². The van der Waals surface area contributed by atoms with Crippen molar-refractivity contribution in [1.82, 2.24) is 25.2 Å². The van der Waals surface area contributed by atoms with Gasteiger partial charge in [0.2, 0.25) is 0 Å². The van der Waals surface area contributed by atoms with E-state index < -0.39 is 5.97 Å². The van der Waals surface area contributed by atoms with E-state index in [1.165, 1.54) is 7.11 Å². The molecule has 0 aliphatic rings. The summed E-state index contributed by atoms with van der Waals surface area (Å²) in [5.41, 5.74) is 1.20. The number of hydrogen-bond donors (Lipinski definition) is 2. The quantitative estimate of drug-likeness (QED) is 0.386. The summed E-state index contributed by atoms with van der Waals surface area (Å²) < 4.78 is 12.2. The number of aliphatic imine (C=N–C) groups is 1. The lowest BCUT2D eigenvalue weighted by Gasteiger charge is -2.09. The summed E-state index contributed by atoms with van der Waals surface area (Å²) in [7, 11) is 1.34. The van der Waals surface area contributed by atoms with E-state index in [4.69, 9.17) is 9.15 Å². The molecule has 0 spiro atoms. The number of carbonyl (C=O) groups excluding carboxylic acids is 1. The van der Waals surface area contributed by atoms with Crippen LogP contribution in [-0.2, 0) is 17.8 Å². The lowest BCUT2D eigenvalue weighted by Crippen LogP contribution is -2.36. The van der Waals surface area contributed by atoms with Crippen molar-refractivity contribution in [3.63, 3.8) is 0 Å². The van der Waals surface area contributed by atoms with Crippen LogP contribution in [0.5, 0.6) is 0 Å². The van der Waals surface area contributed by atoms with Crippen LogP contribution in [0.4, 0.5) is 0 Å². The third-order valence-corrected chi connectivity index (χ3v) is 3.91. The van der Waals surface area contributed by atoms with Crippen LogP contribution in [-0.4, -0.2) is 40.2 Å². The van der Waals surface area contributed by atoms with Crippen molar-refractivity contribution in [2.45, 2.75) is 26.9 Å². The van der Waals surface area contributed by atoms with Crippen molar-refractivity contribution in [2.24, 2.45) is 4.99 Å². The van der Waals surface area contributed by atoms with E-state index in [2.05, 4.69) is 25.8 Å². The topological polar surface area (TPSA) is 106 Å². The van der Waals surface area contributed by atoms with Crippen molar-refractivity contribution in [3.05, 3.63) is 53.4 Å². The Morgan fingerprint density at radius 3 is 2.96 bits per heavy atom. The summed E-state index contributed by atoms with van der Waals surface area (Å²) in [6.07, 6.45) is 1.90. The van der Waals surface area contributed by atoms with E-state index in [1.807, 2.05) is 35.7 Å². The maximum Gasteiger partial charge on any atom is 0.341 e. The fraction of sp³-hybridized carbons (Fsp3) is 0.333. The lowest BCUT2D eigenvalue weighted by molar-refractivity contribution is 0.0599. The van der Waals surface area contributed by atoms with Gasteiger partial charge in [-0.3, -0.25) is 4.40 Å². The third-order valence-electron chi connectivity index (χ3n) is 3.91. The highest BCUT2D eigenvalue weighted by Crippen LogP contribution is 2.15. The molecule has 0 atom stereocenters. The summed E-state index contributed by atoms with van der Waals surface area (Å²) in [5.74, 6) is 2.08. The van der Waals surface area contributed by atoms with Crippen LogP contribution in [0.1, 0.15) is 34.6 Å². The molecule has 0 aliphatic heterocycles. The van der Waals surface area contributed by atoms with Gasteiger partial charge in [-0.25, -0.2) is 9.79 Å². The van der Waals surface area contributed by atoms with E-state index >= 15 is 0 Å². The molecule has 0 aromatic carbocycles. The van der Waals surface area contributed by atoms with E-state index in [0.29, 0.717) is 42.7 Å². The number of carbonyl (C=O) groups is 1. The molecule has 9 nitrogen and oxygen atoms in total. The molecule has 3 aromatic rings. The first-order chi connectivity index (χ1) is 13.1. The standard InChI is InChI=1S/C18H22N6O3/c1-4-19-18(20-10-13-9-14(12(2)27-13)17(25)26-3)21-11-16-23-22-15-7-5-6-8-24(15)16/h5-9H,4,10-11H2,1-3H3,(H2,19,20,21). The Hall–Kier alpha value is -3.36. The smallest absolute Gasteiger partial charge is 0.341 e. The monoisotopic (exact) mass is 370 g/mol. The number of guanidine groups is 1. The Morgan fingerprint density at radius 2 is 2.19 bits per heavy atom. The Labute approximate surface area is 156 Å². The molecule has 0 radical (unpaired) electrons. The minimum atomic E-state index is -0.415. The second kappa shape index (κ2) is 8.35. The second-order valence-electron chi connectivity index (χ2n) is 5.77. The number of furan rings is 1. The summed E-state index contributed by atoms with van der Waals surface area (Å²) in [4.78, 5) is 16.2. The van der Waals surface area contributed by atoms with Crippen LogP contribution in [0.2, 0.25) is 0 Å². The van der Waals surface area contributed by atoms with E-state index in [1.54, 1.807) is 13.0 Å². The number of aryl methyl sites for hydroxylation is 1. The van der Waals surface area contributed by atoms with E-state index in [9.17, 15) is 4.79 Å². The van der Waals surface area contributed by atoms with Crippen molar-refractivity contribution in [3.8, 4) is 0 Å². The van der Waals surface area contributed by atoms with E-state index in [0.717, 1.165) is 11.5 Å². The number of hydrogen-bond acceptors (Lipinski definition) is 6. The lowest BCUT2D eigenvalue weighted by atomic mass is 10.2. The zero-order valence-corrected chi connectivity index (χ0v) is 15.5. The van der Waals surface area contributed by atoms with Crippen molar-refractivity contribution in [2.75, 3.05) is 13.7 Å². The van der Waals surface area contributed by atoms with Gasteiger partial charge in [0.05, 0.1) is 13.7 Å². The third kappa shape index (κ3) is 4.25. The van der Waals surface area contributed by atoms with Crippen LogP contribution in [0.3, 0.4) is 0 Å². The number of nitrogens with one attached hydrogen (secondary N) is 2. The van der Waals surface area contributed by atoms with Crippen LogP contribution in [0.25, 0.3) is 5.65 Å². The van der Waals surface area contributed by atoms with Gasteiger partial charge in [0, 0.05) is 12.7 Å². The van der Waals surface area contributed by atoms with Crippen LogP contribution in [0.15, 0.2) is 39.9 Å². The van der Waals surface area contributed by atoms with Gasteiger partial charge in [-0.05, 0) is 32.0 Å². The fourth-order valence-corrected chi connectivity index (χ4v) is 2.60. The number of pyridine rings is 1. The second-order valence-corrected chi connectivity index (χ2v) is 5.77. The Morgan fingerprint density at radius 1 is 1.33 bits per heavy atom. The van der Waals surface area contributed by atoms with Gasteiger partial charge < -0.3 is 19.8 Å². The molecular formula is C18H22N6O3. The first-order valence-corrected chi connectivity index (χ1v) is 8.60. The van der Waals surface area contributed by atoms with Crippen LogP contribution < -0.4 is 10.6 Å². The molecule has 142 valence electrons. The van der Waals surface area contributed by atoms with Gasteiger partial charge in [-0.15, -0.1) is 10.2 Å².